The first-order chi connectivity index (χ1) is 8.54. The molecule has 2 heteroatoms. The van der Waals surface area contributed by atoms with Crippen molar-refractivity contribution in [3.8, 4) is 0 Å². The van der Waals surface area contributed by atoms with Crippen molar-refractivity contribution in [2.75, 3.05) is 6.54 Å². The number of aryl methyl sites for hydroxylation is 1. The summed E-state index contributed by atoms with van der Waals surface area (Å²) in [6.45, 7) is 10.3. The molecule has 0 saturated heterocycles. The van der Waals surface area contributed by atoms with Crippen LogP contribution in [0.25, 0.3) is 0 Å². The SMILES string of the molecule is CCCNC(CCCc1ccncc1)C(C)(C)C. The molecule has 1 rings (SSSR count). The number of nitrogens with one attached hydrogen (secondary N) is 1. The zero-order chi connectivity index (χ0) is 13.4. The van der Waals surface area contributed by atoms with Crippen LogP contribution in [-0.2, 0) is 6.42 Å². The molecule has 1 aromatic heterocycles. The zero-order valence-electron chi connectivity index (χ0n) is 12.4. The molecule has 0 aliphatic rings. The third kappa shape index (κ3) is 5.63. The summed E-state index contributed by atoms with van der Waals surface area (Å²) < 4.78 is 0. The van der Waals surface area contributed by atoms with Gasteiger partial charge in [0.2, 0.25) is 0 Å². The van der Waals surface area contributed by atoms with Gasteiger partial charge in [0.15, 0.2) is 0 Å². The number of aromatic nitrogens is 1. The van der Waals surface area contributed by atoms with Gasteiger partial charge in [-0.2, -0.15) is 0 Å². The van der Waals surface area contributed by atoms with E-state index in [-0.39, 0.29) is 0 Å². The number of hydrogen-bond acceptors (Lipinski definition) is 2. The standard InChI is InChI=1S/C16H28N2/c1-5-11-18-15(16(2,3)4)8-6-7-14-9-12-17-13-10-14/h9-10,12-13,15,18H,5-8,11H2,1-4H3. The van der Waals surface area contributed by atoms with Crippen molar-refractivity contribution < 1.29 is 0 Å². The van der Waals surface area contributed by atoms with Crippen LogP contribution in [0.1, 0.15) is 52.5 Å². The average Bonchev–Trinajstić information content (AvgIpc) is 2.33. The maximum Gasteiger partial charge on any atom is 0.0270 e. The monoisotopic (exact) mass is 248 g/mol. The number of hydrogen-bond donors (Lipinski definition) is 1. The molecule has 0 spiro atoms. The molecule has 0 aromatic carbocycles. The second-order valence-corrected chi connectivity index (χ2v) is 6.12. The highest BCUT2D eigenvalue weighted by Crippen LogP contribution is 2.23. The van der Waals surface area contributed by atoms with Crippen LogP contribution in [0, 0.1) is 5.41 Å². The molecule has 1 unspecified atom stereocenters. The van der Waals surface area contributed by atoms with Gasteiger partial charge in [-0.1, -0.05) is 27.7 Å². The minimum atomic E-state index is 0.341. The van der Waals surface area contributed by atoms with E-state index < -0.39 is 0 Å². The van der Waals surface area contributed by atoms with Crippen molar-refractivity contribution in [3.05, 3.63) is 30.1 Å². The molecule has 1 atom stereocenters. The summed E-state index contributed by atoms with van der Waals surface area (Å²) in [7, 11) is 0. The molecule has 0 fully saturated rings. The Balaban J connectivity index is 2.38. The number of nitrogens with zero attached hydrogens (tertiary/aromatic N) is 1. The van der Waals surface area contributed by atoms with E-state index >= 15 is 0 Å². The fourth-order valence-electron chi connectivity index (χ4n) is 2.22. The first-order valence-electron chi connectivity index (χ1n) is 7.16. The van der Waals surface area contributed by atoms with Gasteiger partial charge in [-0.05, 0) is 55.3 Å². The number of rotatable bonds is 7. The topological polar surface area (TPSA) is 24.9 Å². The van der Waals surface area contributed by atoms with Gasteiger partial charge in [0, 0.05) is 18.4 Å². The maximum atomic E-state index is 4.06. The molecule has 0 aliphatic carbocycles. The second kappa shape index (κ2) is 7.52. The Kier molecular flexibility index (Phi) is 6.34. The van der Waals surface area contributed by atoms with Crippen LogP contribution >= 0.6 is 0 Å². The van der Waals surface area contributed by atoms with Gasteiger partial charge in [0.25, 0.3) is 0 Å². The molecule has 1 aromatic rings. The summed E-state index contributed by atoms with van der Waals surface area (Å²) in [4.78, 5) is 4.06. The Morgan fingerprint density at radius 3 is 2.44 bits per heavy atom. The van der Waals surface area contributed by atoms with E-state index in [1.54, 1.807) is 0 Å². The first-order valence-corrected chi connectivity index (χ1v) is 7.16. The van der Waals surface area contributed by atoms with Gasteiger partial charge in [-0.3, -0.25) is 4.98 Å². The number of pyridine rings is 1. The molecule has 0 saturated carbocycles. The van der Waals surface area contributed by atoms with E-state index in [1.807, 2.05) is 12.4 Å². The molecule has 18 heavy (non-hydrogen) atoms. The first kappa shape index (κ1) is 15.2. The third-order valence-corrected chi connectivity index (χ3v) is 3.39. The molecule has 0 bridgehead atoms. The Hall–Kier alpha value is -0.890. The molecule has 1 heterocycles. The van der Waals surface area contributed by atoms with Crippen LogP contribution in [0.3, 0.4) is 0 Å². The van der Waals surface area contributed by atoms with Gasteiger partial charge in [-0.25, -0.2) is 0 Å². The highest BCUT2D eigenvalue weighted by atomic mass is 14.9. The van der Waals surface area contributed by atoms with Crippen molar-refractivity contribution >= 4 is 0 Å². The minimum Gasteiger partial charge on any atom is -0.313 e. The van der Waals surface area contributed by atoms with E-state index in [4.69, 9.17) is 0 Å². The molecule has 2 nitrogen and oxygen atoms in total. The molecular formula is C16H28N2. The van der Waals surface area contributed by atoms with Crippen molar-refractivity contribution in [2.24, 2.45) is 5.41 Å². The summed E-state index contributed by atoms with van der Waals surface area (Å²) in [5.41, 5.74) is 1.74. The van der Waals surface area contributed by atoms with E-state index in [0.717, 1.165) is 13.0 Å². The summed E-state index contributed by atoms with van der Waals surface area (Å²) in [6, 6.07) is 4.84. The zero-order valence-corrected chi connectivity index (χ0v) is 12.4. The summed E-state index contributed by atoms with van der Waals surface area (Å²) in [5.74, 6) is 0. The average molecular weight is 248 g/mol. The lowest BCUT2D eigenvalue weighted by Gasteiger charge is -2.32. The van der Waals surface area contributed by atoms with Gasteiger partial charge < -0.3 is 5.32 Å². The van der Waals surface area contributed by atoms with Crippen LogP contribution in [-0.4, -0.2) is 17.6 Å². The minimum absolute atomic E-state index is 0.341. The predicted octanol–water partition coefficient (Wildman–Crippen LogP) is 3.82. The van der Waals surface area contributed by atoms with E-state index in [2.05, 4.69) is 50.1 Å². The van der Waals surface area contributed by atoms with Crippen molar-refractivity contribution in [2.45, 2.75) is 59.4 Å². The molecule has 0 aliphatic heterocycles. The largest absolute Gasteiger partial charge is 0.313 e. The van der Waals surface area contributed by atoms with E-state index in [1.165, 1.54) is 24.8 Å². The second-order valence-electron chi connectivity index (χ2n) is 6.12. The van der Waals surface area contributed by atoms with E-state index in [0.29, 0.717) is 11.5 Å². The quantitative estimate of drug-likeness (QED) is 0.793. The fourth-order valence-corrected chi connectivity index (χ4v) is 2.22. The summed E-state index contributed by atoms with van der Waals surface area (Å²) >= 11 is 0. The van der Waals surface area contributed by atoms with E-state index in [9.17, 15) is 0 Å². The lowest BCUT2D eigenvalue weighted by atomic mass is 9.83. The Morgan fingerprint density at radius 1 is 1.22 bits per heavy atom. The third-order valence-electron chi connectivity index (χ3n) is 3.39. The van der Waals surface area contributed by atoms with Gasteiger partial charge >= 0.3 is 0 Å². The lowest BCUT2D eigenvalue weighted by Crippen LogP contribution is -2.40. The predicted molar refractivity (Wildman–Crippen MR) is 78.7 cm³/mol. The Bertz CT molecular complexity index is 314. The van der Waals surface area contributed by atoms with Crippen LogP contribution in [0.15, 0.2) is 24.5 Å². The highest BCUT2D eigenvalue weighted by molar-refractivity contribution is 5.09. The van der Waals surface area contributed by atoms with Crippen molar-refractivity contribution in [3.63, 3.8) is 0 Å². The Morgan fingerprint density at radius 2 is 1.89 bits per heavy atom. The maximum absolute atomic E-state index is 4.06. The normalized spacial score (nSPS) is 13.6. The molecule has 0 amide bonds. The smallest absolute Gasteiger partial charge is 0.0270 e. The van der Waals surface area contributed by atoms with Crippen LogP contribution in [0.2, 0.25) is 0 Å². The van der Waals surface area contributed by atoms with Crippen molar-refractivity contribution in [1.82, 2.24) is 10.3 Å². The van der Waals surface area contributed by atoms with Gasteiger partial charge in [-0.15, -0.1) is 0 Å². The molecule has 0 radical (unpaired) electrons. The highest BCUT2D eigenvalue weighted by Gasteiger charge is 2.23. The summed E-state index contributed by atoms with van der Waals surface area (Å²) in [5, 5.41) is 3.68. The van der Waals surface area contributed by atoms with Gasteiger partial charge in [0.05, 0.1) is 0 Å². The molecule has 1 N–H and O–H groups in total. The lowest BCUT2D eigenvalue weighted by molar-refractivity contribution is 0.251. The van der Waals surface area contributed by atoms with Crippen LogP contribution in [0.5, 0.6) is 0 Å². The molecular weight excluding hydrogens is 220 g/mol. The fraction of sp³-hybridized carbons (Fsp3) is 0.688. The van der Waals surface area contributed by atoms with Crippen LogP contribution < -0.4 is 5.32 Å². The molecule has 102 valence electrons. The van der Waals surface area contributed by atoms with Crippen LogP contribution in [0.4, 0.5) is 0 Å². The summed E-state index contributed by atoms with van der Waals surface area (Å²) in [6.07, 6.45) is 8.60. The van der Waals surface area contributed by atoms with Gasteiger partial charge in [0.1, 0.15) is 0 Å². The Labute approximate surface area is 112 Å². The van der Waals surface area contributed by atoms with Crippen molar-refractivity contribution in [1.29, 1.82) is 0 Å².